The Morgan fingerprint density at radius 1 is 1.33 bits per heavy atom. The molecule has 5 heteroatoms. The molecule has 0 saturated heterocycles. The fraction of sp³-hybridized carbons (Fsp3) is 0.857. The van der Waals surface area contributed by atoms with Crippen molar-refractivity contribution in [3.05, 3.63) is 0 Å². The van der Waals surface area contributed by atoms with Gasteiger partial charge in [-0.25, -0.2) is 8.42 Å². The van der Waals surface area contributed by atoms with Gasteiger partial charge in [0.25, 0.3) is 0 Å². The van der Waals surface area contributed by atoms with E-state index in [0.717, 1.165) is 0 Å². The zero-order valence-electron chi connectivity index (χ0n) is 8.14. The third-order valence-electron chi connectivity index (χ3n) is 1.09. The van der Waals surface area contributed by atoms with Gasteiger partial charge in [-0.05, 0) is 6.92 Å². The first-order valence-corrected chi connectivity index (χ1v) is 9.40. The standard InChI is InChI=1S/C7H17NO2SSi/c1-7(8)5-11(9,10)6-12(2,3)4/h8H,5-6H2,1-4H3. The van der Waals surface area contributed by atoms with Gasteiger partial charge in [0.2, 0.25) is 0 Å². The Morgan fingerprint density at radius 2 is 1.75 bits per heavy atom. The molecule has 0 unspecified atom stereocenters. The van der Waals surface area contributed by atoms with Crippen molar-refractivity contribution in [2.45, 2.75) is 26.6 Å². The van der Waals surface area contributed by atoms with Gasteiger partial charge in [0.1, 0.15) is 0 Å². The maximum absolute atomic E-state index is 11.4. The predicted octanol–water partition coefficient (Wildman–Crippen LogP) is 1.32. The summed E-state index contributed by atoms with van der Waals surface area (Å²) >= 11 is 0. The minimum atomic E-state index is -3.00. The second kappa shape index (κ2) is 3.70. The molecule has 0 aromatic rings. The van der Waals surface area contributed by atoms with Crippen molar-refractivity contribution < 1.29 is 8.42 Å². The van der Waals surface area contributed by atoms with E-state index in [0.29, 0.717) is 0 Å². The van der Waals surface area contributed by atoms with Gasteiger partial charge in [-0.2, -0.15) is 0 Å². The highest BCUT2D eigenvalue weighted by molar-refractivity contribution is 7.93. The Bertz CT molecular complexity index is 264. The van der Waals surface area contributed by atoms with E-state index in [9.17, 15) is 8.42 Å². The van der Waals surface area contributed by atoms with E-state index in [1.54, 1.807) is 0 Å². The third kappa shape index (κ3) is 6.54. The van der Waals surface area contributed by atoms with Crippen LogP contribution >= 0.6 is 0 Å². The van der Waals surface area contributed by atoms with Crippen LogP contribution in [0, 0.1) is 5.41 Å². The highest BCUT2D eigenvalue weighted by atomic mass is 32.2. The van der Waals surface area contributed by atoms with Crippen LogP contribution in [-0.2, 0) is 9.84 Å². The molecule has 0 radical (unpaired) electrons. The largest absolute Gasteiger partial charge is 0.309 e. The number of hydrogen-bond donors (Lipinski definition) is 1. The lowest BCUT2D eigenvalue weighted by Gasteiger charge is -2.15. The molecule has 0 rings (SSSR count). The van der Waals surface area contributed by atoms with Crippen LogP contribution in [0.2, 0.25) is 19.6 Å². The molecule has 0 fully saturated rings. The number of sulfone groups is 1. The van der Waals surface area contributed by atoms with Gasteiger partial charge in [0.15, 0.2) is 9.84 Å². The van der Waals surface area contributed by atoms with Gasteiger partial charge in [0, 0.05) is 11.1 Å². The highest BCUT2D eigenvalue weighted by Crippen LogP contribution is 2.05. The molecule has 0 aromatic heterocycles. The minimum Gasteiger partial charge on any atom is -0.309 e. The fourth-order valence-electron chi connectivity index (χ4n) is 1.04. The van der Waals surface area contributed by atoms with Crippen molar-refractivity contribution >= 4 is 23.6 Å². The van der Waals surface area contributed by atoms with E-state index in [1.165, 1.54) is 6.92 Å². The van der Waals surface area contributed by atoms with Gasteiger partial charge < -0.3 is 5.41 Å². The summed E-state index contributed by atoms with van der Waals surface area (Å²) in [6.45, 7) is 7.58. The molecule has 72 valence electrons. The normalized spacial score (nSPS) is 13.0. The number of rotatable bonds is 4. The van der Waals surface area contributed by atoms with Crippen LogP contribution in [0.3, 0.4) is 0 Å². The molecule has 1 N–H and O–H groups in total. The summed E-state index contributed by atoms with van der Waals surface area (Å²) in [5, 5.41) is 7.38. The van der Waals surface area contributed by atoms with Crippen molar-refractivity contribution in [2.24, 2.45) is 0 Å². The summed E-state index contributed by atoms with van der Waals surface area (Å²) in [5.41, 5.74) is 0.230. The summed E-state index contributed by atoms with van der Waals surface area (Å²) in [5.74, 6) is -0.0722. The van der Waals surface area contributed by atoms with E-state index in [4.69, 9.17) is 5.41 Å². The Hall–Kier alpha value is -0.163. The molecule has 0 heterocycles. The number of nitrogens with one attached hydrogen (secondary N) is 1. The molecule has 12 heavy (non-hydrogen) atoms. The average molecular weight is 207 g/mol. The van der Waals surface area contributed by atoms with Crippen LogP contribution < -0.4 is 0 Å². The highest BCUT2D eigenvalue weighted by Gasteiger charge is 2.23. The lowest BCUT2D eigenvalue weighted by atomic mass is 10.5. The van der Waals surface area contributed by atoms with Gasteiger partial charge in [-0.1, -0.05) is 19.6 Å². The minimum absolute atomic E-state index is 0.0722. The van der Waals surface area contributed by atoms with Gasteiger partial charge >= 0.3 is 0 Å². The predicted molar refractivity (Wildman–Crippen MR) is 55.4 cm³/mol. The van der Waals surface area contributed by atoms with Crippen LogP contribution in [-0.4, -0.2) is 33.3 Å². The smallest absolute Gasteiger partial charge is 0.153 e. The average Bonchev–Trinajstić information content (AvgIpc) is 1.48. The lowest BCUT2D eigenvalue weighted by molar-refractivity contribution is 0.603. The van der Waals surface area contributed by atoms with Crippen LogP contribution in [0.1, 0.15) is 6.92 Å². The number of hydrogen-bond acceptors (Lipinski definition) is 3. The molecule has 0 aliphatic heterocycles. The zero-order chi connectivity index (χ0) is 9.99. The Balaban J connectivity index is 4.36. The van der Waals surface area contributed by atoms with Gasteiger partial charge in [0.05, 0.1) is 13.8 Å². The molecular formula is C7H17NO2SSi. The molecule has 0 amide bonds. The van der Waals surface area contributed by atoms with Crippen molar-refractivity contribution in [3.8, 4) is 0 Å². The maximum Gasteiger partial charge on any atom is 0.153 e. The third-order valence-corrected chi connectivity index (χ3v) is 7.19. The monoisotopic (exact) mass is 207 g/mol. The van der Waals surface area contributed by atoms with E-state index >= 15 is 0 Å². The van der Waals surface area contributed by atoms with Crippen molar-refractivity contribution in [3.63, 3.8) is 0 Å². The molecule has 0 spiro atoms. The molecule has 3 nitrogen and oxygen atoms in total. The first kappa shape index (κ1) is 11.8. The van der Waals surface area contributed by atoms with Crippen LogP contribution in [0.4, 0.5) is 0 Å². The summed E-state index contributed by atoms with van der Waals surface area (Å²) in [6.07, 6.45) is 0. The molecule has 0 aliphatic rings. The van der Waals surface area contributed by atoms with Crippen LogP contribution in [0.5, 0.6) is 0 Å². The molecule has 0 aliphatic carbocycles. The quantitative estimate of drug-likeness (QED) is 0.558. The van der Waals surface area contributed by atoms with Crippen LogP contribution in [0.15, 0.2) is 0 Å². The van der Waals surface area contributed by atoms with Crippen LogP contribution in [0.25, 0.3) is 0 Å². The van der Waals surface area contributed by atoms with E-state index in [1.807, 2.05) is 19.6 Å². The Morgan fingerprint density at radius 3 is 2.00 bits per heavy atom. The first-order chi connectivity index (χ1) is 5.12. The van der Waals surface area contributed by atoms with Crippen molar-refractivity contribution in [2.75, 3.05) is 11.1 Å². The summed E-state index contributed by atoms with van der Waals surface area (Å²) < 4.78 is 22.7. The molecule has 0 atom stereocenters. The lowest BCUT2D eigenvalue weighted by Crippen LogP contribution is -2.34. The fourth-order valence-corrected chi connectivity index (χ4v) is 7.39. The summed E-state index contributed by atoms with van der Waals surface area (Å²) in [4.78, 5) is 0. The van der Waals surface area contributed by atoms with Gasteiger partial charge in [-0.15, -0.1) is 0 Å². The Kier molecular flexibility index (Phi) is 3.65. The zero-order valence-corrected chi connectivity index (χ0v) is 9.96. The molecular weight excluding hydrogens is 190 g/mol. The molecule has 0 saturated carbocycles. The molecule has 0 aromatic carbocycles. The van der Waals surface area contributed by atoms with Crippen molar-refractivity contribution in [1.29, 1.82) is 5.41 Å². The maximum atomic E-state index is 11.4. The van der Waals surface area contributed by atoms with Crippen molar-refractivity contribution in [1.82, 2.24) is 0 Å². The Labute approximate surface area is 75.6 Å². The SMILES string of the molecule is CC(=N)CS(=O)(=O)C[Si](C)(C)C. The molecule has 0 bridgehead atoms. The topological polar surface area (TPSA) is 58.0 Å². The summed E-state index contributed by atoms with van der Waals surface area (Å²) in [6, 6.07) is 0. The first-order valence-electron chi connectivity index (χ1n) is 3.87. The second-order valence-electron chi connectivity index (χ2n) is 4.37. The van der Waals surface area contributed by atoms with E-state index in [-0.39, 0.29) is 16.8 Å². The summed E-state index contributed by atoms with van der Waals surface area (Å²) in [7, 11) is -4.55. The second-order valence-corrected chi connectivity index (χ2v) is 12.4. The van der Waals surface area contributed by atoms with E-state index in [2.05, 4.69) is 0 Å². The van der Waals surface area contributed by atoms with E-state index < -0.39 is 17.9 Å². The van der Waals surface area contributed by atoms with Gasteiger partial charge in [-0.3, -0.25) is 0 Å².